The molecule has 0 bridgehead atoms. The molecular weight excluding hydrogens is 400 g/mol. The number of fused-ring (bicyclic) bond motifs is 1. The first-order valence-electron chi connectivity index (χ1n) is 8.26. The first-order chi connectivity index (χ1) is 13.6. The molecule has 142 valence electrons. The zero-order chi connectivity index (χ0) is 19.7. The Morgan fingerprint density at radius 3 is 2.75 bits per heavy atom. The van der Waals surface area contributed by atoms with Crippen LogP contribution in [0.1, 0.15) is 10.4 Å². The lowest BCUT2D eigenvalue weighted by atomic mass is 10.2. The van der Waals surface area contributed by atoms with Gasteiger partial charge in [0.25, 0.3) is 5.91 Å². The van der Waals surface area contributed by atoms with Crippen molar-refractivity contribution in [2.45, 2.75) is 0 Å². The minimum absolute atomic E-state index is 0.286. The largest absolute Gasteiger partial charge is 0.493 e. The van der Waals surface area contributed by atoms with Crippen molar-refractivity contribution in [3.63, 3.8) is 0 Å². The zero-order valence-corrected chi connectivity index (χ0v) is 16.6. The number of amides is 1. The highest BCUT2D eigenvalue weighted by molar-refractivity contribution is 7.14. The standard InChI is InChI=1S/C20H15ClN2O4S/c1-25-17-9-12(7-13(21)18(17)26-2)19(24)23-20-22-14(10-28-20)16-8-11-5-3-4-6-15(11)27-16/h3-10H,1-2H3,(H,22,23,24). The van der Waals surface area contributed by atoms with Gasteiger partial charge in [0.2, 0.25) is 0 Å². The summed E-state index contributed by atoms with van der Waals surface area (Å²) in [7, 11) is 2.97. The van der Waals surface area contributed by atoms with Crippen LogP contribution in [-0.4, -0.2) is 25.1 Å². The van der Waals surface area contributed by atoms with Crippen molar-refractivity contribution in [1.82, 2.24) is 4.98 Å². The number of halogens is 1. The third-order valence-electron chi connectivity index (χ3n) is 4.10. The number of benzene rings is 2. The molecule has 0 aliphatic carbocycles. The molecule has 1 N–H and O–H groups in total. The monoisotopic (exact) mass is 414 g/mol. The normalized spacial score (nSPS) is 10.8. The maximum Gasteiger partial charge on any atom is 0.257 e. The lowest BCUT2D eigenvalue weighted by Crippen LogP contribution is -2.12. The quantitative estimate of drug-likeness (QED) is 0.468. The van der Waals surface area contributed by atoms with Crippen LogP contribution in [0.15, 0.2) is 52.3 Å². The molecule has 0 atom stereocenters. The Hall–Kier alpha value is -3.03. The summed E-state index contributed by atoms with van der Waals surface area (Å²) in [5.41, 5.74) is 1.78. The first-order valence-corrected chi connectivity index (χ1v) is 9.52. The molecule has 0 saturated carbocycles. The number of carbonyl (C=O) groups excluding carboxylic acids is 1. The number of methoxy groups -OCH3 is 2. The summed E-state index contributed by atoms with van der Waals surface area (Å²) in [6.07, 6.45) is 0. The summed E-state index contributed by atoms with van der Waals surface area (Å²) >= 11 is 7.48. The van der Waals surface area contributed by atoms with Crippen LogP contribution in [0.2, 0.25) is 5.02 Å². The summed E-state index contributed by atoms with van der Waals surface area (Å²) in [5, 5.41) is 6.33. The average Bonchev–Trinajstić information content (AvgIpc) is 3.33. The van der Waals surface area contributed by atoms with Crippen LogP contribution in [0, 0.1) is 0 Å². The van der Waals surface area contributed by atoms with Crippen molar-refractivity contribution in [3.8, 4) is 23.0 Å². The lowest BCUT2D eigenvalue weighted by Gasteiger charge is -2.11. The summed E-state index contributed by atoms with van der Waals surface area (Å²) < 4.78 is 16.2. The first kappa shape index (κ1) is 18.3. The van der Waals surface area contributed by atoms with Crippen LogP contribution in [0.25, 0.3) is 22.4 Å². The summed E-state index contributed by atoms with van der Waals surface area (Å²) in [6.45, 7) is 0. The van der Waals surface area contributed by atoms with E-state index in [1.807, 2.05) is 35.7 Å². The van der Waals surface area contributed by atoms with Crippen molar-refractivity contribution in [3.05, 3.63) is 58.4 Å². The molecule has 8 heteroatoms. The second-order valence-electron chi connectivity index (χ2n) is 5.83. The van der Waals surface area contributed by atoms with Gasteiger partial charge in [0, 0.05) is 16.3 Å². The maximum absolute atomic E-state index is 12.6. The second-order valence-corrected chi connectivity index (χ2v) is 7.10. The molecule has 0 saturated heterocycles. The molecule has 6 nitrogen and oxygen atoms in total. The maximum atomic E-state index is 12.6. The van der Waals surface area contributed by atoms with Gasteiger partial charge in [0.05, 0.1) is 19.2 Å². The van der Waals surface area contributed by atoms with Crippen molar-refractivity contribution in [1.29, 1.82) is 0 Å². The fourth-order valence-corrected chi connectivity index (χ4v) is 3.75. The topological polar surface area (TPSA) is 73.6 Å². The fourth-order valence-electron chi connectivity index (χ4n) is 2.77. The van der Waals surface area contributed by atoms with Gasteiger partial charge in [0.1, 0.15) is 11.3 Å². The van der Waals surface area contributed by atoms with Gasteiger partial charge in [-0.1, -0.05) is 29.8 Å². The van der Waals surface area contributed by atoms with Crippen molar-refractivity contribution in [2.24, 2.45) is 0 Å². The highest BCUT2D eigenvalue weighted by atomic mass is 35.5. The molecule has 2 aromatic carbocycles. The van der Waals surface area contributed by atoms with E-state index < -0.39 is 0 Å². The Bertz CT molecular complexity index is 1140. The number of nitrogens with one attached hydrogen (secondary N) is 1. The van der Waals surface area contributed by atoms with Crippen molar-refractivity contribution >= 4 is 44.9 Å². The van der Waals surface area contributed by atoms with E-state index in [1.165, 1.54) is 31.6 Å². The highest BCUT2D eigenvalue weighted by Crippen LogP contribution is 2.36. The number of thiazole rings is 1. The Kier molecular flexibility index (Phi) is 4.93. The van der Waals surface area contributed by atoms with Gasteiger partial charge in [0.15, 0.2) is 22.4 Å². The molecule has 4 rings (SSSR count). The fraction of sp³-hybridized carbons (Fsp3) is 0.100. The minimum Gasteiger partial charge on any atom is -0.493 e. The van der Waals surface area contributed by atoms with Crippen LogP contribution >= 0.6 is 22.9 Å². The van der Waals surface area contributed by atoms with Crippen LogP contribution < -0.4 is 14.8 Å². The molecule has 2 aromatic heterocycles. The molecule has 0 fully saturated rings. The van der Waals surface area contributed by atoms with E-state index in [4.69, 9.17) is 25.5 Å². The highest BCUT2D eigenvalue weighted by Gasteiger charge is 2.17. The van der Waals surface area contributed by atoms with E-state index in [0.29, 0.717) is 33.6 Å². The van der Waals surface area contributed by atoms with E-state index in [9.17, 15) is 4.79 Å². The molecule has 0 aliphatic heterocycles. The number of hydrogen-bond acceptors (Lipinski definition) is 6. The molecule has 0 radical (unpaired) electrons. The number of rotatable bonds is 5. The van der Waals surface area contributed by atoms with E-state index in [2.05, 4.69) is 10.3 Å². The number of anilines is 1. The van der Waals surface area contributed by atoms with Crippen molar-refractivity contribution < 1.29 is 18.7 Å². The molecule has 2 heterocycles. The van der Waals surface area contributed by atoms with Gasteiger partial charge in [-0.15, -0.1) is 11.3 Å². The van der Waals surface area contributed by atoms with Crippen LogP contribution in [0.5, 0.6) is 11.5 Å². The van der Waals surface area contributed by atoms with Crippen LogP contribution in [0.4, 0.5) is 5.13 Å². The summed E-state index contributed by atoms with van der Waals surface area (Å²) in [5.74, 6) is 1.05. The number of hydrogen-bond donors (Lipinski definition) is 1. The number of carbonyl (C=O) groups is 1. The Balaban J connectivity index is 1.57. The number of para-hydroxylation sites is 1. The molecule has 0 aliphatic rings. The molecular formula is C20H15ClN2O4S. The Labute approximate surface area is 169 Å². The third-order valence-corrected chi connectivity index (χ3v) is 5.14. The van der Waals surface area contributed by atoms with Crippen molar-refractivity contribution in [2.75, 3.05) is 19.5 Å². The Morgan fingerprint density at radius 1 is 1.18 bits per heavy atom. The molecule has 4 aromatic rings. The molecule has 0 unspecified atom stereocenters. The number of furan rings is 1. The van der Waals surface area contributed by atoms with Gasteiger partial charge in [-0.2, -0.15) is 0 Å². The van der Waals surface area contributed by atoms with E-state index in [1.54, 1.807) is 6.07 Å². The third kappa shape index (κ3) is 3.42. The predicted octanol–water partition coefficient (Wildman–Crippen LogP) is 5.48. The molecule has 0 spiro atoms. The Morgan fingerprint density at radius 2 is 2.00 bits per heavy atom. The lowest BCUT2D eigenvalue weighted by molar-refractivity contribution is 0.102. The summed E-state index contributed by atoms with van der Waals surface area (Å²) in [4.78, 5) is 17.0. The number of ether oxygens (including phenoxy) is 2. The summed E-state index contributed by atoms with van der Waals surface area (Å²) in [6, 6.07) is 12.7. The van der Waals surface area contributed by atoms with Gasteiger partial charge >= 0.3 is 0 Å². The number of aromatic nitrogens is 1. The van der Waals surface area contributed by atoms with Crippen LogP contribution in [-0.2, 0) is 0 Å². The van der Waals surface area contributed by atoms with Gasteiger partial charge in [-0.25, -0.2) is 4.98 Å². The molecule has 1 amide bonds. The van der Waals surface area contributed by atoms with E-state index >= 15 is 0 Å². The zero-order valence-electron chi connectivity index (χ0n) is 15.0. The minimum atomic E-state index is -0.353. The van der Waals surface area contributed by atoms with Gasteiger partial charge in [-0.05, 0) is 24.3 Å². The predicted molar refractivity (Wildman–Crippen MR) is 110 cm³/mol. The second kappa shape index (κ2) is 7.53. The van der Waals surface area contributed by atoms with E-state index in [-0.39, 0.29) is 10.9 Å². The van der Waals surface area contributed by atoms with Gasteiger partial charge < -0.3 is 13.9 Å². The average molecular weight is 415 g/mol. The molecule has 28 heavy (non-hydrogen) atoms. The van der Waals surface area contributed by atoms with Gasteiger partial charge in [-0.3, -0.25) is 10.1 Å². The number of nitrogens with zero attached hydrogens (tertiary/aromatic N) is 1. The smallest absolute Gasteiger partial charge is 0.257 e. The SMILES string of the molecule is COc1cc(C(=O)Nc2nc(-c3cc4ccccc4o3)cs2)cc(Cl)c1OC. The van der Waals surface area contributed by atoms with Crippen LogP contribution in [0.3, 0.4) is 0 Å². The van der Waals surface area contributed by atoms with E-state index in [0.717, 1.165) is 11.0 Å².